The van der Waals surface area contributed by atoms with Crippen molar-refractivity contribution in [1.29, 1.82) is 0 Å². The van der Waals surface area contributed by atoms with E-state index in [1.165, 1.54) is 17.0 Å². The number of hydrogen-bond acceptors (Lipinski definition) is 9. The zero-order valence-corrected chi connectivity index (χ0v) is 18.2. The molecule has 1 heterocycles. The number of imidazole rings is 1. The Morgan fingerprint density at radius 2 is 1.69 bits per heavy atom. The predicted molar refractivity (Wildman–Crippen MR) is 111 cm³/mol. The molecule has 4 N–H and O–H groups in total. The van der Waals surface area contributed by atoms with E-state index in [1.54, 1.807) is 6.92 Å². The van der Waals surface area contributed by atoms with Crippen molar-refractivity contribution in [1.82, 2.24) is 20.2 Å². The Labute approximate surface area is 171 Å². The molecule has 0 unspecified atom stereocenters. The minimum atomic E-state index is -0.720. The summed E-state index contributed by atoms with van der Waals surface area (Å²) >= 11 is 0. The number of nitrogens with one attached hydrogen (secondary N) is 2. The number of rotatable bonds is 11. The summed E-state index contributed by atoms with van der Waals surface area (Å²) in [5, 5.41) is 43.0. The van der Waals surface area contributed by atoms with E-state index in [4.69, 9.17) is 5.21 Å². The third kappa shape index (κ3) is 6.79. The summed E-state index contributed by atoms with van der Waals surface area (Å²) in [4.78, 5) is 14.2. The highest BCUT2D eigenvalue weighted by molar-refractivity contribution is 5.92. The van der Waals surface area contributed by atoms with Gasteiger partial charge in [-0.05, 0) is 45.0 Å². The number of oxime groups is 2. The van der Waals surface area contributed by atoms with Crippen LogP contribution in [-0.4, -0.2) is 60.5 Å². The lowest BCUT2D eigenvalue weighted by atomic mass is 9.88. The molecule has 0 saturated carbocycles. The van der Waals surface area contributed by atoms with Gasteiger partial charge in [-0.2, -0.15) is 0 Å². The van der Waals surface area contributed by atoms with Crippen molar-refractivity contribution in [3.05, 3.63) is 22.5 Å². The smallest absolute Gasteiger partial charge is 0.411 e. The summed E-state index contributed by atoms with van der Waals surface area (Å²) in [5.41, 5.74) is -0.447. The second-order valence-corrected chi connectivity index (χ2v) is 8.97. The van der Waals surface area contributed by atoms with Crippen molar-refractivity contribution in [2.75, 3.05) is 13.1 Å². The van der Waals surface area contributed by atoms with E-state index in [0.717, 1.165) is 0 Å². The molecule has 11 nitrogen and oxygen atoms in total. The third-order valence-corrected chi connectivity index (χ3v) is 5.09. The number of nitrogens with zero attached hydrogens (tertiary/aromatic N) is 5. The Morgan fingerprint density at radius 1 is 1.14 bits per heavy atom. The third-order valence-electron chi connectivity index (χ3n) is 5.09. The maximum Gasteiger partial charge on any atom is 0.434 e. The van der Waals surface area contributed by atoms with E-state index in [-0.39, 0.29) is 17.9 Å². The summed E-state index contributed by atoms with van der Waals surface area (Å²) in [6, 6.07) is 0. The number of nitro groups is 1. The van der Waals surface area contributed by atoms with E-state index < -0.39 is 16.0 Å². The molecule has 0 fully saturated rings. The van der Waals surface area contributed by atoms with E-state index in [9.17, 15) is 15.3 Å². The van der Waals surface area contributed by atoms with Crippen LogP contribution in [0.3, 0.4) is 0 Å². The van der Waals surface area contributed by atoms with Crippen LogP contribution in [0.5, 0.6) is 0 Å². The van der Waals surface area contributed by atoms with Crippen molar-refractivity contribution < 1.29 is 15.3 Å². The molecule has 0 bridgehead atoms. The molecular formula is C18H33N7O4. The number of hydrogen-bond donors (Lipinski definition) is 4. The molecule has 1 rings (SSSR count). The lowest BCUT2D eigenvalue weighted by Crippen LogP contribution is -2.55. The molecule has 0 atom stereocenters. The fourth-order valence-electron chi connectivity index (χ4n) is 2.45. The van der Waals surface area contributed by atoms with Crippen LogP contribution in [0.4, 0.5) is 5.95 Å². The topological polar surface area (TPSA) is 150 Å². The molecule has 164 valence electrons. The Kier molecular flexibility index (Phi) is 7.87. The maximum absolute atomic E-state index is 11.1. The van der Waals surface area contributed by atoms with Gasteiger partial charge in [0.2, 0.25) is 0 Å². The fraction of sp³-hybridized carbons (Fsp3) is 0.722. The van der Waals surface area contributed by atoms with Gasteiger partial charge in [-0.3, -0.25) is 0 Å². The van der Waals surface area contributed by atoms with Gasteiger partial charge in [0, 0.05) is 13.1 Å². The minimum Gasteiger partial charge on any atom is -0.411 e. The molecular weight excluding hydrogens is 378 g/mol. The monoisotopic (exact) mass is 411 g/mol. The summed E-state index contributed by atoms with van der Waals surface area (Å²) in [6.45, 7) is 14.7. The molecule has 0 saturated heterocycles. The van der Waals surface area contributed by atoms with Crippen molar-refractivity contribution in [2.45, 2.75) is 66.1 Å². The van der Waals surface area contributed by atoms with Crippen molar-refractivity contribution in [2.24, 2.45) is 15.7 Å². The Hall–Kier alpha value is -2.53. The van der Waals surface area contributed by atoms with Crippen LogP contribution in [0.2, 0.25) is 0 Å². The average Bonchev–Trinajstić information content (AvgIpc) is 3.11. The molecule has 0 aliphatic carbocycles. The summed E-state index contributed by atoms with van der Waals surface area (Å²) in [7, 11) is 0. The van der Waals surface area contributed by atoms with Crippen LogP contribution >= 0.6 is 0 Å². The lowest BCUT2D eigenvalue weighted by molar-refractivity contribution is -0.396. The molecule has 0 aliphatic rings. The Morgan fingerprint density at radius 3 is 2.17 bits per heavy atom. The van der Waals surface area contributed by atoms with E-state index >= 15 is 0 Å². The maximum atomic E-state index is 11.1. The van der Waals surface area contributed by atoms with Gasteiger partial charge in [-0.15, -0.1) is 0 Å². The molecule has 0 radical (unpaired) electrons. The SMILES string of the molecule is CC(=NO)C(C)(C)NCC(C)(C)CNC(C)(C)C(Cn1ccnc1[N+](=O)[O-])=NO. The predicted octanol–water partition coefficient (Wildman–Crippen LogP) is 2.23. The number of aromatic nitrogens is 2. The van der Waals surface area contributed by atoms with Gasteiger partial charge in [0.05, 0.1) is 16.8 Å². The molecule has 0 amide bonds. The van der Waals surface area contributed by atoms with Crippen molar-refractivity contribution >= 4 is 17.4 Å². The van der Waals surface area contributed by atoms with Gasteiger partial charge >= 0.3 is 5.95 Å². The fourth-order valence-corrected chi connectivity index (χ4v) is 2.45. The Bertz CT molecular complexity index is 766. The van der Waals surface area contributed by atoms with Crippen LogP contribution in [-0.2, 0) is 6.54 Å². The average molecular weight is 412 g/mol. The molecule has 0 spiro atoms. The van der Waals surface area contributed by atoms with Gasteiger partial charge in [0.15, 0.2) is 0 Å². The van der Waals surface area contributed by atoms with Gasteiger partial charge in [0.1, 0.15) is 24.7 Å². The zero-order valence-electron chi connectivity index (χ0n) is 18.2. The Balaban J connectivity index is 2.79. The van der Waals surface area contributed by atoms with Gasteiger partial charge in [-0.1, -0.05) is 29.1 Å². The van der Waals surface area contributed by atoms with Gasteiger partial charge < -0.3 is 31.2 Å². The van der Waals surface area contributed by atoms with Crippen LogP contribution in [0.25, 0.3) is 0 Å². The summed E-state index contributed by atoms with van der Waals surface area (Å²) in [6.07, 6.45) is 2.81. The van der Waals surface area contributed by atoms with Crippen LogP contribution in [0.15, 0.2) is 22.7 Å². The molecule has 1 aromatic rings. The summed E-state index contributed by atoms with van der Waals surface area (Å²) in [5.74, 6) is -0.311. The molecule has 29 heavy (non-hydrogen) atoms. The normalized spacial score (nSPS) is 14.3. The van der Waals surface area contributed by atoms with E-state index in [1.807, 2.05) is 27.7 Å². The lowest BCUT2D eigenvalue weighted by Gasteiger charge is -2.36. The van der Waals surface area contributed by atoms with Crippen LogP contribution in [0, 0.1) is 15.5 Å². The first-order chi connectivity index (χ1) is 13.3. The second-order valence-electron chi connectivity index (χ2n) is 8.97. The molecule has 1 aromatic heterocycles. The van der Waals surface area contributed by atoms with Crippen molar-refractivity contribution in [3.63, 3.8) is 0 Å². The highest BCUT2D eigenvalue weighted by Crippen LogP contribution is 2.19. The van der Waals surface area contributed by atoms with E-state index in [0.29, 0.717) is 24.5 Å². The largest absolute Gasteiger partial charge is 0.434 e. The first kappa shape index (κ1) is 24.5. The van der Waals surface area contributed by atoms with E-state index in [2.05, 4.69) is 39.8 Å². The van der Waals surface area contributed by atoms with Crippen LogP contribution < -0.4 is 10.6 Å². The summed E-state index contributed by atoms with van der Waals surface area (Å²) < 4.78 is 1.32. The molecule has 0 aromatic carbocycles. The first-order valence-electron chi connectivity index (χ1n) is 9.32. The molecule has 11 heteroatoms. The first-order valence-corrected chi connectivity index (χ1v) is 9.32. The highest BCUT2D eigenvalue weighted by Gasteiger charge is 2.32. The standard InChI is InChI=1S/C18H33N7O4/c1-13(22-26)17(4,5)20-11-16(2,3)12-21-18(6,7)14(23-27)10-24-9-8-19-15(24)25(28)29/h8-9,20-21,26-27H,10-12H2,1-7H3. The highest BCUT2D eigenvalue weighted by atomic mass is 16.6. The minimum absolute atomic E-state index is 0.0324. The molecule has 0 aliphatic heterocycles. The second kappa shape index (κ2) is 9.31. The van der Waals surface area contributed by atoms with Crippen LogP contribution in [0.1, 0.15) is 48.5 Å². The zero-order chi connectivity index (χ0) is 22.5. The van der Waals surface area contributed by atoms with Crippen molar-refractivity contribution in [3.8, 4) is 0 Å². The van der Waals surface area contributed by atoms with Gasteiger partial charge in [-0.25, -0.2) is 4.57 Å². The van der Waals surface area contributed by atoms with Gasteiger partial charge in [0.25, 0.3) is 0 Å². The quantitative estimate of drug-likeness (QED) is 0.189.